The molecule has 0 aliphatic rings. The van der Waals surface area contributed by atoms with E-state index in [-0.39, 0.29) is 5.91 Å². The van der Waals surface area contributed by atoms with Crippen molar-refractivity contribution in [2.45, 2.75) is 20.8 Å². The topological polar surface area (TPSA) is 54.9 Å². The van der Waals surface area contributed by atoms with Gasteiger partial charge in [0.15, 0.2) is 0 Å². The van der Waals surface area contributed by atoms with E-state index in [0.717, 1.165) is 27.0 Å². The SMILES string of the molecule is Cc1cc(NC(=O)c2ncnc(C)c2C)ccc1Br. The van der Waals surface area contributed by atoms with Crippen LogP contribution in [0.4, 0.5) is 5.69 Å². The van der Waals surface area contributed by atoms with Crippen LogP contribution in [0, 0.1) is 20.8 Å². The number of carbonyl (C=O) groups excluding carboxylic acids is 1. The lowest BCUT2D eigenvalue weighted by Gasteiger charge is -2.09. The van der Waals surface area contributed by atoms with Gasteiger partial charge in [0.1, 0.15) is 12.0 Å². The summed E-state index contributed by atoms with van der Waals surface area (Å²) in [5.41, 5.74) is 3.84. The van der Waals surface area contributed by atoms with Crippen LogP contribution >= 0.6 is 15.9 Å². The summed E-state index contributed by atoms with van der Waals surface area (Å²) in [7, 11) is 0. The van der Waals surface area contributed by atoms with Crippen LogP contribution in [0.15, 0.2) is 29.0 Å². The summed E-state index contributed by atoms with van der Waals surface area (Å²) in [5.74, 6) is -0.218. The fourth-order valence-corrected chi connectivity index (χ4v) is 1.93. The maximum Gasteiger partial charge on any atom is 0.274 e. The molecule has 5 heteroatoms. The van der Waals surface area contributed by atoms with Crippen molar-refractivity contribution in [3.05, 3.63) is 51.5 Å². The van der Waals surface area contributed by atoms with Crippen LogP contribution in [0.5, 0.6) is 0 Å². The zero-order chi connectivity index (χ0) is 14.0. The lowest BCUT2D eigenvalue weighted by molar-refractivity contribution is 0.102. The molecule has 1 aromatic heterocycles. The summed E-state index contributed by atoms with van der Waals surface area (Å²) in [5, 5.41) is 2.84. The van der Waals surface area contributed by atoms with Gasteiger partial charge in [-0.1, -0.05) is 15.9 Å². The van der Waals surface area contributed by atoms with Crippen LogP contribution in [-0.2, 0) is 0 Å². The van der Waals surface area contributed by atoms with Crippen LogP contribution in [0.1, 0.15) is 27.3 Å². The van der Waals surface area contributed by atoms with Gasteiger partial charge in [0.2, 0.25) is 0 Å². The largest absolute Gasteiger partial charge is 0.321 e. The number of carbonyl (C=O) groups is 1. The normalized spacial score (nSPS) is 10.3. The second kappa shape index (κ2) is 5.48. The Hall–Kier alpha value is -1.75. The second-order valence-corrected chi connectivity index (χ2v) is 5.21. The van der Waals surface area contributed by atoms with Gasteiger partial charge in [-0.3, -0.25) is 4.79 Å². The number of halogens is 1. The van der Waals surface area contributed by atoms with Gasteiger partial charge in [-0.25, -0.2) is 9.97 Å². The number of amides is 1. The molecule has 0 atom stereocenters. The van der Waals surface area contributed by atoms with Gasteiger partial charge in [0.05, 0.1) is 0 Å². The molecule has 0 spiro atoms. The highest BCUT2D eigenvalue weighted by molar-refractivity contribution is 9.10. The molecule has 0 aliphatic carbocycles. The van der Waals surface area contributed by atoms with Gasteiger partial charge >= 0.3 is 0 Å². The van der Waals surface area contributed by atoms with Crippen LogP contribution in [0.2, 0.25) is 0 Å². The molecule has 1 aromatic carbocycles. The summed E-state index contributed by atoms with van der Waals surface area (Å²) in [6.45, 7) is 5.68. The molecule has 0 saturated carbocycles. The minimum absolute atomic E-state index is 0.218. The predicted octanol–water partition coefficient (Wildman–Crippen LogP) is 3.42. The zero-order valence-electron chi connectivity index (χ0n) is 11.0. The van der Waals surface area contributed by atoms with E-state index in [1.807, 2.05) is 39.0 Å². The molecule has 98 valence electrons. The average Bonchev–Trinajstić information content (AvgIpc) is 2.37. The Morgan fingerprint density at radius 2 is 1.95 bits per heavy atom. The monoisotopic (exact) mass is 319 g/mol. The van der Waals surface area contributed by atoms with Crippen molar-refractivity contribution >= 4 is 27.5 Å². The molecule has 0 bridgehead atoms. The number of benzene rings is 1. The van der Waals surface area contributed by atoms with Crippen molar-refractivity contribution in [1.82, 2.24) is 9.97 Å². The van der Waals surface area contributed by atoms with Crippen LogP contribution < -0.4 is 5.32 Å². The number of nitrogens with zero attached hydrogens (tertiary/aromatic N) is 2. The van der Waals surface area contributed by atoms with Crippen LogP contribution in [-0.4, -0.2) is 15.9 Å². The minimum Gasteiger partial charge on any atom is -0.321 e. The predicted molar refractivity (Wildman–Crippen MR) is 78.3 cm³/mol. The number of aromatic nitrogens is 2. The van der Waals surface area contributed by atoms with E-state index >= 15 is 0 Å². The van der Waals surface area contributed by atoms with E-state index in [9.17, 15) is 4.79 Å². The van der Waals surface area contributed by atoms with Crippen LogP contribution in [0.3, 0.4) is 0 Å². The molecular weight excluding hydrogens is 306 g/mol. The fraction of sp³-hybridized carbons (Fsp3) is 0.214. The molecule has 4 nitrogen and oxygen atoms in total. The maximum absolute atomic E-state index is 12.2. The minimum atomic E-state index is -0.218. The number of nitrogens with one attached hydrogen (secondary N) is 1. The van der Waals surface area contributed by atoms with Crippen molar-refractivity contribution in [1.29, 1.82) is 0 Å². The van der Waals surface area contributed by atoms with E-state index in [1.165, 1.54) is 6.33 Å². The molecule has 0 aliphatic heterocycles. The Morgan fingerprint density at radius 1 is 1.21 bits per heavy atom. The summed E-state index contributed by atoms with van der Waals surface area (Å²) in [4.78, 5) is 20.3. The first-order chi connectivity index (χ1) is 8.99. The summed E-state index contributed by atoms with van der Waals surface area (Å²) in [6.07, 6.45) is 1.41. The quantitative estimate of drug-likeness (QED) is 0.922. The Balaban J connectivity index is 2.26. The van der Waals surface area contributed by atoms with Gasteiger partial charge in [-0.2, -0.15) is 0 Å². The first-order valence-corrected chi connectivity index (χ1v) is 6.64. The van der Waals surface area contributed by atoms with Gasteiger partial charge in [-0.15, -0.1) is 0 Å². The molecule has 1 N–H and O–H groups in total. The molecule has 0 fully saturated rings. The van der Waals surface area contributed by atoms with E-state index < -0.39 is 0 Å². The van der Waals surface area contributed by atoms with Crippen molar-refractivity contribution in [2.24, 2.45) is 0 Å². The average molecular weight is 320 g/mol. The van der Waals surface area contributed by atoms with E-state index in [4.69, 9.17) is 0 Å². The zero-order valence-corrected chi connectivity index (χ0v) is 12.6. The van der Waals surface area contributed by atoms with Crippen molar-refractivity contribution in [3.8, 4) is 0 Å². The van der Waals surface area contributed by atoms with Gasteiger partial charge < -0.3 is 5.32 Å². The van der Waals surface area contributed by atoms with E-state index in [1.54, 1.807) is 0 Å². The summed E-state index contributed by atoms with van der Waals surface area (Å²) in [6, 6.07) is 5.66. The Labute approximate surface area is 120 Å². The molecule has 2 rings (SSSR count). The lowest BCUT2D eigenvalue weighted by atomic mass is 10.1. The van der Waals surface area contributed by atoms with Crippen LogP contribution in [0.25, 0.3) is 0 Å². The number of rotatable bonds is 2. The molecule has 0 saturated heterocycles. The van der Waals surface area contributed by atoms with E-state index in [2.05, 4.69) is 31.2 Å². The number of hydrogen-bond donors (Lipinski definition) is 1. The van der Waals surface area contributed by atoms with Gasteiger partial charge in [0.25, 0.3) is 5.91 Å². The highest BCUT2D eigenvalue weighted by Gasteiger charge is 2.13. The van der Waals surface area contributed by atoms with Crippen molar-refractivity contribution in [2.75, 3.05) is 5.32 Å². The molecule has 1 heterocycles. The highest BCUT2D eigenvalue weighted by Crippen LogP contribution is 2.20. The first kappa shape index (κ1) is 13.7. The standard InChI is InChI=1S/C14H14BrN3O/c1-8-6-11(4-5-12(8)15)18-14(19)13-9(2)10(3)16-7-17-13/h4-7H,1-3H3,(H,18,19). The highest BCUT2D eigenvalue weighted by atomic mass is 79.9. The van der Waals surface area contributed by atoms with E-state index in [0.29, 0.717) is 5.69 Å². The fourth-order valence-electron chi connectivity index (χ4n) is 1.68. The molecule has 0 radical (unpaired) electrons. The molecule has 1 amide bonds. The molecule has 0 unspecified atom stereocenters. The second-order valence-electron chi connectivity index (χ2n) is 4.35. The molecular formula is C14H14BrN3O. The van der Waals surface area contributed by atoms with Gasteiger partial charge in [-0.05, 0) is 44.5 Å². The van der Waals surface area contributed by atoms with Crippen molar-refractivity contribution in [3.63, 3.8) is 0 Å². The summed E-state index contributed by atoms with van der Waals surface area (Å²) >= 11 is 3.43. The van der Waals surface area contributed by atoms with Gasteiger partial charge in [0, 0.05) is 21.4 Å². The summed E-state index contributed by atoms with van der Waals surface area (Å²) < 4.78 is 1.01. The maximum atomic E-state index is 12.2. The Morgan fingerprint density at radius 3 is 2.63 bits per heavy atom. The number of anilines is 1. The lowest BCUT2D eigenvalue weighted by Crippen LogP contribution is -2.16. The Kier molecular flexibility index (Phi) is 3.95. The molecule has 2 aromatic rings. The number of aryl methyl sites for hydroxylation is 2. The van der Waals surface area contributed by atoms with Crippen molar-refractivity contribution < 1.29 is 4.79 Å². The third kappa shape index (κ3) is 2.98. The third-order valence-corrected chi connectivity index (χ3v) is 3.86. The number of hydrogen-bond acceptors (Lipinski definition) is 3. The molecule has 19 heavy (non-hydrogen) atoms. The first-order valence-electron chi connectivity index (χ1n) is 5.84. The third-order valence-electron chi connectivity index (χ3n) is 2.97. The Bertz CT molecular complexity index is 641. The smallest absolute Gasteiger partial charge is 0.274 e.